The summed E-state index contributed by atoms with van der Waals surface area (Å²) in [4.78, 5) is 20.8. The van der Waals surface area contributed by atoms with Crippen molar-refractivity contribution in [1.82, 2.24) is 9.97 Å². The van der Waals surface area contributed by atoms with Crippen LogP contribution in [-0.2, 0) is 0 Å². The molecule has 4 rings (SSSR count). The van der Waals surface area contributed by atoms with E-state index in [0.29, 0.717) is 11.4 Å². The number of anilines is 1. The summed E-state index contributed by atoms with van der Waals surface area (Å²) in [5.74, 6) is 0.543. The van der Waals surface area contributed by atoms with Gasteiger partial charge in [-0.3, -0.25) is 4.79 Å². The Morgan fingerprint density at radius 1 is 0.923 bits per heavy atom. The molecule has 0 aliphatic carbocycles. The number of hydrogen-bond acceptors (Lipinski definition) is 2. The van der Waals surface area contributed by atoms with E-state index in [0.717, 1.165) is 27.8 Å². The molecule has 0 bridgehead atoms. The van der Waals surface area contributed by atoms with Gasteiger partial charge in [0.15, 0.2) is 0 Å². The smallest absolute Gasteiger partial charge is 0.256 e. The molecule has 2 N–H and O–H groups in total. The fraction of sp³-hybridized carbons (Fsp3) is 0.0909. The van der Waals surface area contributed by atoms with Gasteiger partial charge in [-0.25, -0.2) is 4.98 Å². The molecule has 0 spiro atoms. The zero-order chi connectivity index (χ0) is 18.1. The second-order valence-electron chi connectivity index (χ2n) is 6.40. The van der Waals surface area contributed by atoms with Crippen molar-refractivity contribution in [1.29, 1.82) is 0 Å². The Morgan fingerprint density at radius 2 is 1.69 bits per heavy atom. The maximum absolute atomic E-state index is 12.9. The van der Waals surface area contributed by atoms with E-state index >= 15 is 0 Å². The molecular formula is C22H19N3O. The molecule has 3 aromatic carbocycles. The van der Waals surface area contributed by atoms with Crippen LogP contribution in [0.3, 0.4) is 0 Å². The van der Waals surface area contributed by atoms with Gasteiger partial charge in [-0.05, 0) is 55.3 Å². The normalized spacial score (nSPS) is 10.8. The van der Waals surface area contributed by atoms with Crippen LogP contribution >= 0.6 is 0 Å². The number of aromatic amines is 1. The minimum atomic E-state index is -0.149. The Balaban J connectivity index is 1.70. The highest BCUT2D eigenvalue weighted by Crippen LogP contribution is 2.25. The van der Waals surface area contributed by atoms with Crippen LogP contribution in [0.15, 0.2) is 66.7 Å². The summed E-state index contributed by atoms with van der Waals surface area (Å²) in [5.41, 5.74) is 6.34. The maximum Gasteiger partial charge on any atom is 0.256 e. The van der Waals surface area contributed by atoms with Gasteiger partial charge in [-0.15, -0.1) is 0 Å². The number of carbonyl (C=O) groups excluding carboxylic acids is 1. The number of fused-ring (bicyclic) bond motifs is 1. The van der Waals surface area contributed by atoms with Crippen LogP contribution in [0.5, 0.6) is 0 Å². The minimum absolute atomic E-state index is 0.149. The van der Waals surface area contributed by atoms with Crippen LogP contribution in [0, 0.1) is 13.8 Å². The highest BCUT2D eigenvalue weighted by Gasteiger charge is 2.15. The summed E-state index contributed by atoms with van der Waals surface area (Å²) in [6, 6.07) is 21.3. The number of aromatic nitrogens is 2. The van der Waals surface area contributed by atoms with Crippen molar-refractivity contribution in [2.45, 2.75) is 13.8 Å². The maximum atomic E-state index is 12.9. The number of para-hydroxylation sites is 2. The Morgan fingerprint density at radius 3 is 2.50 bits per heavy atom. The first-order chi connectivity index (χ1) is 12.6. The first kappa shape index (κ1) is 16.1. The molecule has 26 heavy (non-hydrogen) atoms. The zero-order valence-electron chi connectivity index (χ0n) is 14.7. The predicted octanol–water partition coefficient (Wildman–Crippen LogP) is 5.10. The molecule has 0 unspecified atom stereocenters. The highest BCUT2D eigenvalue weighted by molar-refractivity contribution is 6.08. The minimum Gasteiger partial charge on any atom is -0.338 e. The van der Waals surface area contributed by atoms with Gasteiger partial charge in [0, 0.05) is 11.3 Å². The van der Waals surface area contributed by atoms with E-state index in [1.165, 1.54) is 5.56 Å². The number of rotatable bonds is 3. The highest BCUT2D eigenvalue weighted by atomic mass is 16.1. The Hall–Kier alpha value is -3.40. The molecule has 0 saturated carbocycles. The first-order valence-electron chi connectivity index (χ1n) is 8.54. The van der Waals surface area contributed by atoms with Crippen LogP contribution in [0.2, 0.25) is 0 Å². The SMILES string of the molecule is Cc1ccc(NC(=O)c2ccccc2-c2nc3ccccc3[nH]2)cc1C. The van der Waals surface area contributed by atoms with Gasteiger partial charge in [-0.1, -0.05) is 36.4 Å². The first-order valence-corrected chi connectivity index (χ1v) is 8.54. The number of nitrogens with one attached hydrogen (secondary N) is 2. The number of H-pyrrole nitrogens is 1. The number of imidazole rings is 1. The van der Waals surface area contributed by atoms with Crippen molar-refractivity contribution in [2.24, 2.45) is 0 Å². The summed E-state index contributed by atoms with van der Waals surface area (Å²) >= 11 is 0. The van der Waals surface area contributed by atoms with Crippen molar-refractivity contribution >= 4 is 22.6 Å². The van der Waals surface area contributed by atoms with Gasteiger partial charge in [0.25, 0.3) is 5.91 Å². The fourth-order valence-electron chi connectivity index (χ4n) is 2.99. The molecule has 1 heterocycles. The van der Waals surface area contributed by atoms with E-state index in [4.69, 9.17) is 0 Å². The number of nitrogens with zero attached hydrogens (tertiary/aromatic N) is 1. The van der Waals surface area contributed by atoms with E-state index in [9.17, 15) is 4.79 Å². The average Bonchev–Trinajstić information content (AvgIpc) is 3.09. The van der Waals surface area contributed by atoms with Gasteiger partial charge in [0.1, 0.15) is 5.82 Å². The quantitative estimate of drug-likeness (QED) is 0.545. The van der Waals surface area contributed by atoms with E-state index < -0.39 is 0 Å². The molecular weight excluding hydrogens is 322 g/mol. The van der Waals surface area contributed by atoms with Crippen molar-refractivity contribution in [2.75, 3.05) is 5.32 Å². The topological polar surface area (TPSA) is 57.8 Å². The van der Waals surface area contributed by atoms with Crippen molar-refractivity contribution < 1.29 is 4.79 Å². The van der Waals surface area contributed by atoms with Gasteiger partial charge < -0.3 is 10.3 Å². The van der Waals surface area contributed by atoms with Gasteiger partial charge in [0.2, 0.25) is 0 Å². The summed E-state index contributed by atoms with van der Waals surface area (Å²) in [6.07, 6.45) is 0. The molecule has 0 atom stereocenters. The third-order valence-corrected chi connectivity index (χ3v) is 4.58. The van der Waals surface area contributed by atoms with Crippen LogP contribution in [0.1, 0.15) is 21.5 Å². The van der Waals surface area contributed by atoms with E-state index in [2.05, 4.69) is 22.2 Å². The Labute approximate surface area is 151 Å². The number of hydrogen-bond donors (Lipinski definition) is 2. The average molecular weight is 341 g/mol. The fourth-order valence-corrected chi connectivity index (χ4v) is 2.99. The van der Waals surface area contributed by atoms with Gasteiger partial charge in [-0.2, -0.15) is 0 Å². The molecule has 0 aliphatic rings. The van der Waals surface area contributed by atoms with Crippen molar-refractivity contribution in [3.8, 4) is 11.4 Å². The molecule has 4 heteroatoms. The van der Waals surface area contributed by atoms with Crippen molar-refractivity contribution in [3.63, 3.8) is 0 Å². The van der Waals surface area contributed by atoms with Crippen molar-refractivity contribution in [3.05, 3.63) is 83.4 Å². The summed E-state index contributed by atoms with van der Waals surface area (Å²) in [7, 11) is 0. The second-order valence-corrected chi connectivity index (χ2v) is 6.40. The summed E-state index contributed by atoms with van der Waals surface area (Å²) < 4.78 is 0. The second kappa shape index (κ2) is 6.48. The molecule has 4 aromatic rings. The number of aryl methyl sites for hydroxylation is 2. The van der Waals surface area contributed by atoms with Crippen LogP contribution in [-0.4, -0.2) is 15.9 Å². The summed E-state index contributed by atoms with van der Waals surface area (Å²) in [6.45, 7) is 4.09. The van der Waals surface area contributed by atoms with E-state index in [1.807, 2.05) is 73.7 Å². The molecule has 4 nitrogen and oxygen atoms in total. The van der Waals surface area contributed by atoms with E-state index in [-0.39, 0.29) is 5.91 Å². The lowest BCUT2D eigenvalue weighted by Crippen LogP contribution is -2.13. The summed E-state index contributed by atoms with van der Waals surface area (Å²) in [5, 5.41) is 2.99. The predicted molar refractivity (Wildman–Crippen MR) is 105 cm³/mol. The van der Waals surface area contributed by atoms with Gasteiger partial charge >= 0.3 is 0 Å². The van der Waals surface area contributed by atoms with Gasteiger partial charge in [0.05, 0.1) is 16.6 Å². The van der Waals surface area contributed by atoms with Crippen LogP contribution in [0.25, 0.3) is 22.4 Å². The third kappa shape index (κ3) is 2.97. The molecule has 0 fully saturated rings. The third-order valence-electron chi connectivity index (χ3n) is 4.58. The number of benzene rings is 3. The number of carbonyl (C=O) groups is 1. The zero-order valence-corrected chi connectivity index (χ0v) is 14.7. The number of amides is 1. The monoisotopic (exact) mass is 341 g/mol. The Bertz CT molecular complexity index is 1080. The van der Waals surface area contributed by atoms with E-state index in [1.54, 1.807) is 0 Å². The molecule has 0 aliphatic heterocycles. The molecule has 0 saturated heterocycles. The molecule has 1 amide bonds. The lowest BCUT2D eigenvalue weighted by molar-refractivity contribution is 0.102. The lowest BCUT2D eigenvalue weighted by Gasteiger charge is -2.10. The largest absolute Gasteiger partial charge is 0.338 e. The molecule has 128 valence electrons. The Kier molecular flexibility index (Phi) is 4.01. The standard InChI is InChI=1S/C22H19N3O/c1-14-11-12-16(13-15(14)2)23-22(26)18-8-4-3-7-17(18)21-24-19-9-5-6-10-20(19)25-21/h3-13H,1-2H3,(H,23,26)(H,24,25). The van der Waals surface area contributed by atoms with Crippen LogP contribution < -0.4 is 5.32 Å². The molecule has 1 aromatic heterocycles. The molecule has 0 radical (unpaired) electrons. The van der Waals surface area contributed by atoms with Crippen LogP contribution in [0.4, 0.5) is 5.69 Å². The lowest BCUT2D eigenvalue weighted by atomic mass is 10.1.